The van der Waals surface area contributed by atoms with E-state index in [-0.39, 0.29) is 28.6 Å². The van der Waals surface area contributed by atoms with Crippen molar-refractivity contribution in [2.75, 3.05) is 6.61 Å². The van der Waals surface area contributed by atoms with Gasteiger partial charge in [0.15, 0.2) is 12.4 Å². The minimum atomic E-state index is -2.39. The molecular formula is C24H12F5N3O6. The Labute approximate surface area is 209 Å². The molecule has 1 unspecified atom stereocenters. The van der Waals surface area contributed by atoms with Crippen LogP contribution in [0.1, 0.15) is 17.0 Å². The molecule has 0 aliphatic carbocycles. The van der Waals surface area contributed by atoms with Gasteiger partial charge in [-0.2, -0.15) is 14.0 Å². The summed E-state index contributed by atoms with van der Waals surface area (Å²) in [5, 5.41) is 20.8. The minimum Gasteiger partial charge on any atom is -0.476 e. The van der Waals surface area contributed by atoms with E-state index in [9.17, 15) is 42.1 Å². The monoisotopic (exact) mass is 533 g/mol. The Balaban J connectivity index is 1.58. The second-order valence-corrected chi connectivity index (χ2v) is 7.64. The number of carbonyl (C=O) groups is 1. The first-order chi connectivity index (χ1) is 18.0. The normalized spacial score (nSPS) is 14.3. The van der Waals surface area contributed by atoms with Gasteiger partial charge < -0.3 is 19.9 Å². The summed E-state index contributed by atoms with van der Waals surface area (Å²) < 4.78 is 82.1. The summed E-state index contributed by atoms with van der Waals surface area (Å²) in [4.78, 5) is 22.7. The SMILES string of the molecule is N#CC1=C(N)Oc2cc(OC(=O)COc3c(F)c(F)c(F)c(F)c3F)ccc2C1c1cccc([N+](=O)[O-])c1. The van der Waals surface area contributed by atoms with Crippen molar-refractivity contribution < 1.29 is 45.9 Å². The van der Waals surface area contributed by atoms with E-state index in [0.717, 1.165) is 0 Å². The van der Waals surface area contributed by atoms with Crippen molar-refractivity contribution in [1.82, 2.24) is 0 Å². The Hall–Kier alpha value is -5.19. The molecule has 1 atom stereocenters. The summed E-state index contributed by atoms with van der Waals surface area (Å²) in [7, 11) is 0. The van der Waals surface area contributed by atoms with Crippen LogP contribution in [0, 0.1) is 50.5 Å². The number of nitrogens with two attached hydrogens (primary N) is 1. The van der Waals surface area contributed by atoms with E-state index in [1.807, 2.05) is 6.07 Å². The Morgan fingerprint density at radius 1 is 1.05 bits per heavy atom. The molecule has 0 saturated carbocycles. The van der Waals surface area contributed by atoms with Crippen molar-refractivity contribution >= 4 is 11.7 Å². The molecule has 2 N–H and O–H groups in total. The molecule has 0 radical (unpaired) electrons. The maximum atomic E-state index is 13.7. The summed E-state index contributed by atoms with van der Waals surface area (Å²) in [5.74, 6) is -15.7. The highest BCUT2D eigenvalue weighted by molar-refractivity contribution is 5.74. The van der Waals surface area contributed by atoms with E-state index >= 15 is 0 Å². The minimum absolute atomic E-state index is 0.0176. The zero-order valence-electron chi connectivity index (χ0n) is 18.6. The summed E-state index contributed by atoms with van der Waals surface area (Å²) >= 11 is 0. The number of halogens is 5. The number of ether oxygens (including phenoxy) is 3. The van der Waals surface area contributed by atoms with Gasteiger partial charge in [-0.15, -0.1) is 0 Å². The highest BCUT2D eigenvalue weighted by atomic mass is 19.2. The lowest BCUT2D eigenvalue weighted by Gasteiger charge is -2.26. The molecule has 194 valence electrons. The van der Waals surface area contributed by atoms with Gasteiger partial charge in [0.05, 0.1) is 10.8 Å². The number of allylic oxidation sites excluding steroid dienone is 1. The van der Waals surface area contributed by atoms with Gasteiger partial charge in [-0.1, -0.05) is 18.2 Å². The maximum Gasteiger partial charge on any atom is 0.349 e. The number of nitro benzene ring substituents is 1. The average Bonchev–Trinajstić information content (AvgIpc) is 2.90. The van der Waals surface area contributed by atoms with Crippen LogP contribution in [0.4, 0.5) is 27.6 Å². The Morgan fingerprint density at radius 2 is 1.71 bits per heavy atom. The van der Waals surface area contributed by atoms with Gasteiger partial charge in [-0.25, -0.2) is 18.0 Å². The number of hydrogen-bond donors (Lipinski definition) is 1. The van der Waals surface area contributed by atoms with Crippen molar-refractivity contribution in [3.05, 3.63) is 104 Å². The van der Waals surface area contributed by atoms with Crippen LogP contribution in [0.2, 0.25) is 0 Å². The van der Waals surface area contributed by atoms with Gasteiger partial charge >= 0.3 is 5.97 Å². The molecule has 38 heavy (non-hydrogen) atoms. The Bertz CT molecular complexity index is 1540. The molecule has 0 bridgehead atoms. The molecule has 3 aromatic rings. The van der Waals surface area contributed by atoms with Crippen molar-refractivity contribution in [1.29, 1.82) is 5.26 Å². The lowest BCUT2D eigenvalue weighted by atomic mass is 9.83. The molecular weight excluding hydrogens is 521 g/mol. The predicted octanol–water partition coefficient (Wildman–Crippen LogP) is 4.49. The van der Waals surface area contributed by atoms with Crippen LogP contribution in [-0.2, 0) is 4.79 Å². The number of carbonyl (C=O) groups excluding carboxylic acids is 1. The molecule has 4 rings (SSSR count). The highest BCUT2D eigenvalue weighted by Crippen LogP contribution is 2.44. The molecule has 3 aromatic carbocycles. The summed E-state index contributed by atoms with van der Waals surface area (Å²) in [6, 6.07) is 11.2. The zero-order valence-corrected chi connectivity index (χ0v) is 18.6. The molecule has 1 heterocycles. The number of fused-ring (bicyclic) bond motifs is 1. The van der Waals surface area contributed by atoms with E-state index in [0.29, 0.717) is 11.1 Å². The van der Waals surface area contributed by atoms with E-state index < -0.39 is 58.3 Å². The molecule has 0 spiro atoms. The second kappa shape index (κ2) is 10.1. The van der Waals surface area contributed by atoms with Crippen LogP contribution in [-0.4, -0.2) is 17.5 Å². The average molecular weight is 533 g/mol. The fourth-order valence-electron chi connectivity index (χ4n) is 3.66. The predicted molar refractivity (Wildman–Crippen MR) is 116 cm³/mol. The van der Waals surface area contributed by atoms with Crippen molar-refractivity contribution in [3.63, 3.8) is 0 Å². The topological polar surface area (TPSA) is 138 Å². The Kier molecular flexibility index (Phi) is 6.85. The van der Waals surface area contributed by atoms with Gasteiger partial charge in [0, 0.05) is 23.8 Å². The lowest BCUT2D eigenvalue weighted by Crippen LogP contribution is -2.22. The highest BCUT2D eigenvalue weighted by Gasteiger charge is 2.32. The van der Waals surface area contributed by atoms with Gasteiger partial charge in [0.25, 0.3) is 5.69 Å². The van der Waals surface area contributed by atoms with Crippen LogP contribution in [0.5, 0.6) is 17.2 Å². The lowest BCUT2D eigenvalue weighted by molar-refractivity contribution is -0.384. The van der Waals surface area contributed by atoms with Crippen LogP contribution >= 0.6 is 0 Å². The number of nitrogens with zero attached hydrogens (tertiary/aromatic N) is 2. The molecule has 1 aliphatic rings. The summed E-state index contributed by atoms with van der Waals surface area (Å²) in [5.41, 5.74) is 6.30. The number of esters is 1. The third-order valence-electron chi connectivity index (χ3n) is 5.34. The molecule has 9 nitrogen and oxygen atoms in total. The first-order valence-corrected chi connectivity index (χ1v) is 10.3. The standard InChI is InChI=1S/C24H12F5N3O6/c25-18-19(26)21(28)23(22(29)20(18)27)36-9-16(33)37-12-4-5-13-15(7-12)38-24(31)14(8-30)17(13)10-2-1-3-11(6-10)32(34)35/h1-7,17H,9,31H2. The molecule has 0 amide bonds. The molecule has 0 aromatic heterocycles. The molecule has 14 heteroatoms. The summed E-state index contributed by atoms with van der Waals surface area (Å²) in [6.45, 7) is -1.23. The smallest absolute Gasteiger partial charge is 0.349 e. The van der Waals surface area contributed by atoms with Crippen LogP contribution in [0.3, 0.4) is 0 Å². The summed E-state index contributed by atoms with van der Waals surface area (Å²) in [6.07, 6.45) is 0. The van der Waals surface area contributed by atoms with Crippen LogP contribution < -0.4 is 19.9 Å². The Morgan fingerprint density at radius 3 is 2.34 bits per heavy atom. The molecule has 0 fully saturated rings. The van der Waals surface area contributed by atoms with Crippen molar-refractivity contribution in [2.24, 2.45) is 5.73 Å². The fourth-order valence-corrected chi connectivity index (χ4v) is 3.66. The van der Waals surface area contributed by atoms with Crippen LogP contribution in [0.25, 0.3) is 0 Å². The molecule has 0 saturated heterocycles. The zero-order chi connectivity index (χ0) is 27.7. The largest absolute Gasteiger partial charge is 0.476 e. The number of hydrogen-bond acceptors (Lipinski definition) is 8. The number of non-ortho nitro benzene ring substituents is 1. The number of nitriles is 1. The van der Waals surface area contributed by atoms with Gasteiger partial charge in [-0.3, -0.25) is 10.1 Å². The maximum absolute atomic E-state index is 13.7. The number of nitro groups is 1. The number of benzene rings is 3. The number of rotatable bonds is 6. The van der Waals surface area contributed by atoms with Gasteiger partial charge in [0.2, 0.25) is 35.0 Å². The first kappa shape index (κ1) is 25.9. The molecule has 1 aliphatic heterocycles. The van der Waals surface area contributed by atoms with E-state index in [4.69, 9.17) is 15.2 Å². The van der Waals surface area contributed by atoms with Crippen molar-refractivity contribution in [2.45, 2.75) is 5.92 Å². The van der Waals surface area contributed by atoms with E-state index in [2.05, 4.69) is 4.74 Å². The van der Waals surface area contributed by atoms with Crippen LogP contribution in [0.15, 0.2) is 53.9 Å². The van der Waals surface area contributed by atoms with Gasteiger partial charge in [0.1, 0.15) is 23.1 Å². The quantitative estimate of drug-likeness (QED) is 0.0931. The third kappa shape index (κ3) is 4.64. The second-order valence-electron chi connectivity index (χ2n) is 7.64. The van der Waals surface area contributed by atoms with E-state index in [1.165, 1.54) is 36.4 Å². The van der Waals surface area contributed by atoms with E-state index in [1.54, 1.807) is 6.07 Å². The van der Waals surface area contributed by atoms with Crippen molar-refractivity contribution in [3.8, 4) is 23.3 Å². The fraction of sp³-hybridized carbons (Fsp3) is 0.0833. The first-order valence-electron chi connectivity index (χ1n) is 10.3. The third-order valence-corrected chi connectivity index (χ3v) is 5.34. The van der Waals surface area contributed by atoms with Gasteiger partial charge in [-0.05, 0) is 11.6 Å².